The molecule has 0 saturated heterocycles. The fourth-order valence-corrected chi connectivity index (χ4v) is 2.84. The van der Waals surface area contributed by atoms with Crippen molar-refractivity contribution in [3.8, 4) is 11.5 Å². The van der Waals surface area contributed by atoms with Gasteiger partial charge in [0.15, 0.2) is 11.5 Å². The molecule has 0 bridgehead atoms. The zero-order valence-corrected chi connectivity index (χ0v) is 16.5. The van der Waals surface area contributed by atoms with Gasteiger partial charge in [0.1, 0.15) is 6.61 Å². The van der Waals surface area contributed by atoms with Crippen LogP contribution in [0.5, 0.6) is 11.5 Å². The normalized spacial score (nSPS) is 10.9. The van der Waals surface area contributed by atoms with Crippen LogP contribution in [0.1, 0.15) is 23.6 Å². The third kappa shape index (κ3) is 4.20. The topological polar surface area (TPSA) is 36.3 Å². The molecule has 138 valence electrons. The molecule has 5 heteroatoms. The summed E-state index contributed by atoms with van der Waals surface area (Å²) in [5.74, 6) is 1.50. The van der Waals surface area contributed by atoms with Crippen molar-refractivity contribution in [3.05, 3.63) is 59.4 Å². The number of halogens is 1. The van der Waals surface area contributed by atoms with Gasteiger partial charge in [-0.05, 0) is 61.7 Å². The number of methoxy groups -OCH3 is 1. The van der Waals surface area contributed by atoms with E-state index in [2.05, 4.69) is 35.5 Å². The van der Waals surface area contributed by atoms with Crippen molar-refractivity contribution < 1.29 is 9.47 Å². The Kier molecular flexibility index (Phi) is 6.70. The highest BCUT2D eigenvalue weighted by Crippen LogP contribution is 2.28. The van der Waals surface area contributed by atoms with Crippen LogP contribution in [-0.4, -0.2) is 23.3 Å². The Morgan fingerprint density at radius 1 is 1.08 bits per heavy atom. The zero-order valence-electron chi connectivity index (χ0n) is 15.7. The number of hydrogen-bond donors (Lipinski definition) is 0. The van der Waals surface area contributed by atoms with Crippen molar-refractivity contribution in [1.29, 1.82) is 0 Å². The number of imidazole rings is 1. The molecule has 0 saturated carbocycles. The average molecular weight is 373 g/mol. The van der Waals surface area contributed by atoms with Crippen LogP contribution in [0, 0.1) is 13.8 Å². The van der Waals surface area contributed by atoms with E-state index in [9.17, 15) is 0 Å². The Morgan fingerprint density at radius 2 is 1.85 bits per heavy atom. The number of allylic oxidation sites excluding steroid dienone is 1. The van der Waals surface area contributed by atoms with Gasteiger partial charge in [-0.15, -0.1) is 12.4 Å². The van der Waals surface area contributed by atoms with Gasteiger partial charge in [0.05, 0.1) is 31.0 Å². The number of ether oxygens (including phenoxy) is 2. The summed E-state index contributed by atoms with van der Waals surface area (Å²) < 4.78 is 13.5. The maximum absolute atomic E-state index is 5.94. The number of benzene rings is 2. The molecule has 0 atom stereocenters. The smallest absolute Gasteiger partial charge is 0.161 e. The highest BCUT2D eigenvalue weighted by molar-refractivity contribution is 5.85. The number of aryl methyl sites for hydroxylation is 2. The molecular formula is C21H25ClN2O2. The van der Waals surface area contributed by atoms with Gasteiger partial charge in [0, 0.05) is 0 Å². The molecule has 0 aliphatic rings. The minimum Gasteiger partial charge on any atom is -0.493 e. The van der Waals surface area contributed by atoms with Gasteiger partial charge in [0.25, 0.3) is 0 Å². The largest absolute Gasteiger partial charge is 0.493 e. The van der Waals surface area contributed by atoms with Crippen LogP contribution in [0.25, 0.3) is 17.1 Å². The molecule has 0 fully saturated rings. The lowest BCUT2D eigenvalue weighted by atomic mass is 10.1. The summed E-state index contributed by atoms with van der Waals surface area (Å²) in [6.45, 7) is 7.52. The third-order valence-electron chi connectivity index (χ3n) is 4.37. The molecular weight excluding hydrogens is 348 g/mol. The summed E-state index contributed by atoms with van der Waals surface area (Å²) in [6.07, 6.45) is 5.91. The minimum absolute atomic E-state index is 0. The van der Waals surface area contributed by atoms with E-state index in [1.807, 2.05) is 43.6 Å². The fraction of sp³-hybridized carbons (Fsp3) is 0.286. The van der Waals surface area contributed by atoms with Crippen molar-refractivity contribution >= 4 is 29.5 Å². The van der Waals surface area contributed by atoms with Crippen LogP contribution >= 0.6 is 12.4 Å². The lowest BCUT2D eigenvalue weighted by molar-refractivity contribution is 0.281. The predicted octanol–water partition coefficient (Wildman–Crippen LogP) is 5.20. The molecule has 3 rings (SSSR count). The van der Waals surface area contributed by atoms with Crippen LogP contribution in [0.3, 0.4) is 0 Å². The first-order chi connectivity index (χ1) is 12.1. The summed E-state index contributed by atoms with van der Waals surface area (Å²) in [5, 5.41) is 0. The lowest BCUT2D eigenvalue weighted by Crippen LogP contribution is -2.08. The predicted molar refractivity (Wildman–Crippen MR) is 110 cm³/mol. The SMILES string of the molecule is CC=Cc1ccc(OCCn2cnc3cc(C)c(C)cc32)c(OC)c1.Cl. The van der Waals surface area contributed by atoms with E-state index in [1.54, 1.807) is 7.11 Å². The minimum atomic E-state index is 0. The van der Waals surface area contributed by atoms with E-state index in [0.29, 0.717) is 6.61 Å². The zero-order chi connectivity index (χ0) is 17.8. The van der Waals surface area contributed by atoms with Crippen molar-refractivity contribution in [1.82, 2.24) is 9.55 Å². The second-order valence-electron chi connectivity index (χ2n) is 6.12. The fourth-order valence-electron chi connectivity index (χ4n) is 2.84. The van der Waals surface area contributed by atoms with Crippen LogP contribution in [0.4, 0.5) is 0 Å². The first-order valence-electron chi connectivity index (χ1n) is 8.48. The van der Waals surface area contributed by atoms with Crippen molar-refractivity contribution in [3.63, 3.8) is 0 Å². The average Bonchev–Trinajstić information content (AvgIpc) is 2.98. The highest BCUT2D eigenvalue weighted by Gasteiger charge is 2.07. The van der Waals surface area contributed by atoms with Gasteiger partial charge >= 0.3 is 0 Å². The third-order valence-corrected chi connectivity index (χ3v) is 4.37. The summed E-state index contributed by atoms with van der Waals surface area (Å²) in [6, 6.07) is 10.3. The van der Waals surface area contributed by atoms with Crippen LogP contribution < -0.4 is 9.47 Å². The highest BCUT2D eigenvalue weighted by atomic mass is 35.5. The van der Waals surface area contributed by atoms with E-state index >= 15 is 0 Å². The van der Waals surface area contributed by atoms with E-state index in [-0.39, 0.29) is 12.4 Å². The molecule has 1 heterocycles. The Bertz CT molecular complexity index is 916. The maximum Gasteiger partial charge on any atom is 0.161 e. The molecule has 1 aromatic heterocycles. The van der Waals surface area contributed by atoms with E-state index in [4.69, 9.17) is 9.47 Å². The lowest BCUT2D eigenvalue weighted by Gasteiger charge is -2.12. The summed E-state index contributed by atoms with van der Waals surface area (Å²) in [5.41, 5.74) is 5.80. The number of rotatable bonds is 6. The summed E-state index contributed by atoms with van der Waals surface area (Å²) >= 11 is 0. The Hall–Kier alpha value is -2.46. The van der Waals surface area contributed by atoms with E-state index in [0.717, 1.165) is 34.6 Å². The van der Waals surface area contributed by atoms with Gasteiger partial charge in [-0.25, -0.2) is 4.98 Å². The molecule has 4 nitrogen and oxygen atoms in total. The molecule has 0 amide bonds. The monoisotopic (exact) mass is 372 g/mol. The molecule has 0 aliphatic heterocycles. The van der Waals surface area contributed by atoms with Crippen molar-refractivity contribution in [2.75, 3.05) is 13.7 Å². The van der Waals surface area contributed by atoms with Gasteiger partial charge < -0.3 is 14.0 Å². The van der Waals surface area contributed by atoms with E-state index < -0.39 is 0 Å². The molecule has 0 N–H and O–H groups in total. The number of hydrogen-bond acceptors (Lipinski definition) is 3. The van der Waals surface area contributed by atoms with Gasteiger partial charge in [-0.2, -0.15) is 0 Å². The van der Waals surface area contributed by atoms with Crippen LogP contribution in [0.15, 0.2) is 42.7 Å². The molecule has 0 aliphatic carbocycles. The standard InChI is InChI=1S/C21H24N2O2.ClH/c1-5-6-17-7-8-20(21(13-17)24-4)25-10-9-23-14-22-18-11-15(2)16(3)12-19(18)23;/h5-8,11-14H,9-10H2,1-4H3;1H. The molecule has 0 unspecified atom stereocenters. The first kappa shape index (κ1) is 19.9. The molecule has 0 spiro atoms. The van der Waals surface area contributed by atoms with Crippen LogP contribution in [-0.2, 0) is 6.54 Å². The van der Waals surface area contributed by atoms with Gasteiger partial charge in [0.2, 0.25) is 0 Å². The summed E-state index contributed by atoms with van der Waals surface area (Å²) in [4.78, 5) is 4.49. The second-order valence-corrected chi connectivity index (χ2v) is 6.12. The first-order valence-corrected chi connectivity index (χ1v) is 8.48. The molecule has 3 aromatic rings. The molecule has 26 heavy (non-hydrogen) atoms. The number of fused-ring (bicyclic) bond motifs is 1. The summed E-state index contributed by atoms with van der Waals surface area (Å²) in [7, 11) is 1.66. The second kappa shape index (κ2) is 8.77. The maximum atomic E-state index is 5.94. The number of aromatic nitrogens is 2. The van der Waals surface area contributed by atoms with E-state index in [1.165, 1.54) is 11.1 Å². The van der Waals surface area contributed by atoms with Crippen molar-refractivity contribution in [2.24, 2.45) is 0 Å². The van der Waals surface area contributed by atoms with Crippen LogP contribution in [0.2, 0.25) is 0 Å². The van der Waals surface area contributed by atoms with Gasteiger partial charge in [-0.3, -0.25) is 0 Å². The Morgan fingerprint density at radius 3 is 2.58 bits per heavy atom. The number of nitrogens with zero attached hydrogens (tertiary/aromatic N) is 2. The Balaban J connectivity index is 0.00000243. The molecule has 2 aromatic carbocycles. The van der Waals surface area contributed by atoms with Gasteiger partial charge in [-0.1, -0.05) is 18.2 Å². The molecule has 0 radical (unpaired) electrons. The van der Waals surface area contributed by atoms with Crippen molar-refractivity contribution in [2.45, 2.75) is 27.3 Å². The quantitative estimate of drug-likeness (QED) is 0.597. The Labute approximate surface area is 160 Å².